The lowest BCUT2D eigenvalue weighted by molar-refractivity contribution is -0.120. The SMILES string of the molecule is O=C(Cc1csc(Cc2ccccc2)n1)NCc1ccnc(N2CCCCCC2)c1. The molecule has 0 bridgehead atoms. The summed E-state index contributed by atoms with van der Waals surface area (Å²) < 4.78 is 0. The van der Waals surface area contributed by atoms with Crippen LogP contribution in [0.1, 0.15) is 47.5 Å². The maximum absolute atomic E-state index is 12.4. The van der Waals surface area contributed by atoms with Gasteiger partial charge in [-0.25, -0.2) is 9.97 Å². The van der Waals surface area contributed by atoms with Gasteiger partial charge >= 0.3 is 0 Å². The van der Waals surface area contributed by atoms with Crippen LogP contribution in [0, 0.1) is 0 Å². The summed E-state index contributed by atoms with van der Waals surface area (Å²) in [5.74, 6) is 1.02. The Morgan fingerprint density at radius 1 is 1.03 bits per heavy atom. The number of benzene rings is 1. The number of thiazole rings is 1. The van der Waals surface area contributed by atoms with Crippen LogP contribution in [0.2, 0.25) is 0 Å². The van der Waals surface area contributed by atoms with Crippen molar-refractivity contribution in [2.45, 2.75) is 45.1 Å². The van der Waals surface area contributed by atoms with Crippen molar-refractivity contribution in [2.75, 3.05) is 18.0 Å². The first-order chi connectivity index (χ1) is 14.8. The molecule has 6 heteroatoms. The maximum Gasteiger partial charge on any atom is 0.226 e. The van der Waals surface area contributed by atoms with E-state index in [1.165, 1.54) is 31.2 Å². The molecule has 2 aromatic heterocycles. The van der Waals surface area contributed by atoms with E-state index in [4.69, 9.17) is 0 Å². The molecule has 3 aromatic rings. The lowest BCUT2D eigenvalue weighted by atomic mass is 10.2. The number of hydrogen-bond acceptors (Lipinski definition) is 5. The number of amides is 1. The minimum Gasteiger partial charge on any atom is -0.357 e. The second-order valence-electron chi connectivity index (χ2n) is 7.77. The summed E-state index contributed by atoms with van der Waals surface area (Å²) in [5.41, 5.74) is 3.16. The Balaban J connectivity index is 1.28. The molecular formula is C24H28N4OS. The number of nitrogens with one attached hydrogen (secondary N) is 1. The van der Waals surface area contributed by atoms with Crippen molar-refractivity contribution >= 4 is 23.1 Å². The van der Waals surface area contributed by atoms with Crippen molar-refractivity contribution in [3.05, 3.63) is 75.9 Å². The molecule has 3 heterocycles. The molecule has 1 saturated heterocycles. The number of nitrogens with zero attached hydrogens (tertiary/aromatic N) is 3. The first-order valence-electron chi connectivity index (χ1n) is 10.7. The lowest BCUT2D eigenvalue weighted by Crippen LogP contribution is -2.26. The van der Waals surface area contributed by atoms with E-state index in [0.29, 0.717) is 13.0 Å². The van der Waals surface area contributed by atoms with Gasteiger partial charge in [-0.1, -0.05) is 43.2 Å². The largest absolute Gasteiger partial charge is 0.357 e. The highest BCUT2D eigenvalue weighted by Crippen LogP contribution is 2.18. The molecule has 0 radical (unpaired) electrons. The van der Waals surface area contributed by atoms with E-state index < -0.39 is 0 Å². The summed E-state index contributed by atoms with van der Waals surface area (Å²) in [7, 11) is 0. The number of anilines is 1. The van der Waals surface area contributed by atoms with Gasteiger partial charge in [-0.15, -0.1) is 11.3 Å². The monoisotopic (exact) mass is 420 g/mol. The number of carbonyl (C=O) groups is 1. The minimum atomic E-state index is -0.000282. The molecule has 0 atom stereocenters. The molecule has 0 aliphatic carbocycles. The zero-order valence-electron chi connectivity index (χ0n) is 17.2. The van der Waals surface area contributed by atoms with Crippen LogP contribution in [0.5, 0.6) is 0 Å². The summed E-state index contributed by atoms with van der Waals surface area (Å²) in [4.78, 5) is 23.9. The van der Waals surface area contributed by atoms with Crippen LogP contribution in [0.15, 0.2) is 54.0 Å². The highest BCUT2D eigenvalue weighted by molar-refractivity contribution is 7.09. The Hall–Kier alpha value is -2.73. The van der Waals surface area contributed by atoms with E-state index in [2.05, 4.69) is 38.4 Å². The normalized spacial score (nSPS) is 14.3. The van der Waals surface area contributed by atoms with Gasteiger partial charge in [-0.2, -0.15) is 0 Å². The molecule has 156 valence electrons. The van der Waals surface area contributed by atoms with Crippen molar-refractivity contribution in [3.63, 3.8) is 0 Å². The Labute approximate surface area is 182 Å². The van der Waals surface area contributed by atoms with Crippen LogP contribution in [-0.2, 0) is 24.2 Å². The molecule has 0 spiro atoms. The molecule has 1 aliphatic rings. The highest BCUT2D eigenvalue weighted by atomic mass is 32.1. The van der Waals surface area contributed by atoms with Crippen molar-refractivity contribution in [3.8, 4) is 0 Å². The van der Waals surface area contributed by atoms with Gasteiger partial charge in [0.25, 0.3) is 0 Å². The van der Waals surface area contributed by atoms with E-state index in [1.54, 1.807) is 11.3 Å². The van der Waals surface area contributed by atoms with Crippen LogP contribution in [0.3, 0.4) is 0 Å². The highest BCUT2D eigenvalue weighted by Gasteiger charge is 2.12. The lowest BCUT2D eigenvalue weighted by Gasteiger charge is -2.21. The van der Waals surface area contributed by atoms with E-state index >= 15 is 0 Å². The van der Waals surface area contributed by atoms with E-state index in [1.807, 2.05) is 35.8 Å². The Bertz CT molecular complexity index is 949. The van der Waals surface area contributed by atoms with E-state index in [9.17, 15) is 4.79 Å². The van der Waals surface area contributed by atoms with Gasteiger partial charge < -0.3 is 10.2 Å². The van der Waals surface area contributed by atoms with Gasteiger partial charge in [0, 0.05) is 37.6 Å². The molecule has 0 saturated carbocycles. The van der Waals surface area contributed by atoms with Gasteiger partial charge in [0.2, 0.25) is 5.91 Å². The molecule has 4 rings (SSSR count). The summed E-state index contributed by atoms with van der Waals surface area (Å²) in [6.45, 7) is 2.65. The second kappa shape index (κ2) is 10.3. The molecule has 1 N–H and O–H groups in total. The van der Waals surface area contributed by atoms with Gasteiger partial charge in [-0.05, 0) is 36.1 Å². The topological polar surface area (TPSA) is 58.1 Å². The van der Waals surface area contributed by atoms with E-state index in [0.717, 1.165) is 41.6 Å². The van der Waals surface area contributed by atoms with Crippen LogP contribution < -0.4 is 10.2 Å². The molecule has 5 nitrogen and oxygen atoms in total. The quantitative estimate of drug-likeness (QED) is 0.617. The molecule has 1 fully saturated rings. The Kier molecular flexibility index (Phi) is 7.08. The average Bonchev–Trinajstić information content (AvgIpc) is 3.02. The summed E-state index contributed by atoms with van der Waals surface area (Å²) in [5, 5.41) is 6.06. The molecule has 0 unspecified atom stereocenters. The predicted molar refractivity (Wildman–Crippen MR) is 122 cm³/mol. The van der Waals surface area contributed by atoms with Crippen molar-refractivity contribution < 1.29 is 4.79 Å². The number of rotatable bonds is 7. The van der Waals surface area contributed by atoms with Gasteiger partial charge in [0.1, 0.15) is 5.82 Å². The van der Waals surface area contributed by atoms with Gasteiger partial charge in [0.15, 0.2) is 0 Å². The predicted octanol–water partition coefficient (Wildman–Crippen LogP) is 4.37. The van der Waals surface area contributed by atoms with Crippen molar-refractivity contribution in [1.82, 2.24) is 15.3 Å². The summed E-state index contributed by atoms with van der Waals surface area (Å²) in [6.07, 6.45) is 8.02. The standard InChI is InChI=1S/C24H28N4OS/c29-23(16-21-18-30-24(27-21)15-19-8-4-3-5-9-19)26-17-20-10-11-25-22(14-20)28-12-6-1-2-7-13-28/h3-5,8-11,14,18H,1-2,6-7,12-13,15-17H2,(H,26,29). The van der Waals surface area contributed by atoms with Crippen LogP contribution >= 0.6 is 11.3 Å². The molecule has 1 amide bonds. The molecule has 1 aromatic carbocycles. The molecular weight excluding hydrogens is 392 g/mol. The van der Waals surface area contributed by atoms with Crippen LogP contribution in [0.4, 0.5) is 5.82 Å². The van der Waals surface area contributed by atoms with Gasteiger partial charge in [0.05, 0.1) is 17.1 Å². The first kappa shape index (κ1) is 20.5. The van der Waals surface area contributed by atoms with Gasteiger partial charge in [-0.3, -0.25) is 4.79 Å². The zero-order valence-corrected chi connectivity index (χ0v) is 18.0. The molecule has 1 aliphatic heterocycles. The minimum absolute atomic E-state index is 0.000282. The van der Waals surface area contributed by atoms with Crippen molar-refractivity contribution in [1.29, 1.82) is 0 Å². The second-order valence-corrected chi connectivity index (χ2v) is 8.71. The first-order valence-corrected chi connectivity index (χ1v) is 11.6. The third-order valence-corrected chi connectivity index (χ3v) is 6.27. The van der Waals surface area contributed by atoms with E-state index in [-0.39, 0.29) is 5.91 Å². The fourth-order valence-corrected chi connectivity index (χ4v) is 4.58. The number of hydrogen-bond donors (Lipinski definition) is 1. The maximum atomic E-state index is 12.4. The Morgan fingerprint density at radius 3 is 2.63 bits per heavy atom. The smallest absolute Gasteiger partial charge is 0.226 e. The third-order valence-electron chi connectivity index (χ3n) is 5.37. The number of pyridine rings is 1. The van der Waals surface area contributed by atoms with Crippen molar-refractivity contribution in [2.24, 2.45) is 0 Å². The fraction of sp³-hybridized carbons (Fsp3) is 0.375. The number of aromatic nitrogens is 2. The Morgan fingerprint density at radius 2 is 1.83 bits per heavy atom. The summed E-state index contributed by atoms with van der Waals surface area (Å²) in [6, 6.07) is 14.4. The summed E-state index contributed by atoms with van der Waals surface area (Å²) >= 11 is 1.62. The third kappa shape index (κ3) is 5.89. The zero-order chi connectivity index (χ0) is 20.6. The average molecular weight is 421 g/mol. The molecule has 30 heavy (non-hydrogen) atoms. The van der Waals surface area contributed by atoms with Crippen LogP contribution in [-0.4, -0.2) is 29.0 Å². The fourth-order valence-electron chi connectivity index (χ4n) is 3.75. The van der Waals surface area contributed by atoms with Crippen LogP contribution in [0.25, 0.3) is 0 Å². The number of carbonyl (C=O) groups excluding carboxylic acids is 1.